The lowest BCUT2D eigenvalue weighted by Gasteiger charge is -2.02. The van der Waals surface area contributed by atoms with E-state index in [0.29, 0.717) is 17.0 Å². The molecule has 2 heterocycles. The van der Waals surface area contributed by atoms with Crippen molar-refractivity contribution in [3.8, 4) is 11.3 Å². The van der Waals surface area contributed by atoms with E-state index in [1.807, 2.05) is 35.0 Å². The van der Waals surface area contributed by atoms with Gasteiger partial charge in [0.2, 0.25) is 0 Å². The van der Waals surface area contributed by atoms with Gasteiger partial charge in [-0.1, -0.05) is 17.7 Å². The molecule has 0 fully saturated rings. The molecule has 0 spiro atoms. The highest BCUT2D eigenvalue weighted by molar-refractivity contribution is 7.15. The van der Waals surface area contributed by atoms with Gasteiger partial charge in [-0.2, -0.15) is 5.10 Å². The number of halogens is 1. The number of nitrogens with zero attached hydrogens (tertiary/aromatic N) is 3. The lowest BCUT2D eigenvalue weighted by Crippen LogP contribution is -2.17. The van der Waals surface area contributed by atoms with Crippen LogP contribution in [-0.4, -0.2) is 21.5 Å². The third kappa shape index (κ3) is 3.50. The predicted octanol–water partition coefficient (Wildman–Crippen LogP) is 4.27. The van der Waals surface area contributed by atoms with Crippen LogP contribution in [0.1, 0.15) is 21.6 Å². The zero-order valence-electron chi connectivity index (χ0n) is 14.4. The maximum atomic E-state index is 13.2. The molecule has 7 heteroatoms. The Hall–Kier alpha value is -3.32. The summed E-state index contributed by atoms with van der Waals surface area (Å²) in [6, 6.07) is 13.4. The first-order valence-corrected chi connectivity index (χ1v) is 9.11. The summed E-state index contributed by atoms with van der Waals surface area (Å²) < 4.78 is 15.1. The molecule has 0 saturated heterocycles. The van der Waals surface area contributed by atoms with Crippen molar-refractivity contribution >= 4 is 28.4 Å². The molecule has 0 aliphatic heterocycles. The minimum absolute atomic E-state index is 0.291. The van der Waals surface area contributed by atoms with Crippen molar-refractivity contribution in [2.24, 2.45) is 5.10 Å². The molecule has 5 nitrogen and oxygen atoms in total. The van der Waals surface area contributed by atoms with Crippen LogP contribution < -0.4 is 5.43 Å². The van der Waals surface area contributed by atoms with Crippen LogP contribution in [0.5, 0.6) is 0 Å². The fourth-order valence-corrected chi connectivity index (χ4v) is 3.39. The van der Waals surface area contributed by atoms with Crippen molar-refractivity contribution in [2.45, 2.75) is 6.92 Å². The molecule has 0 saturated carbocycles. The minimum atomic E-state index is -0.305. The number of nitrogens with one attached hydrogen (secondary N) is 1. The summed E-state index contributed by atoms with van der Waals surface area (Å²) in [5.41, 5.74) is 6.31. The van der Waals surface area contributed by atoms with Crippen molar-refractivity contribution < 1.29 is 9.18 Å². The maximum Gasteiger partial charge on any atom is 0.271 e. The zero-order chi connectivity index (χ0) is 18.8. The average molecular weight is 378 g/mol. The lowest BCUT2D eigenvalue weighted by atomic mass is 10.1. The van der Waals surface area contributed by atoms with Crippen molar-refractivity contribution in [2.75, 3.05) is 0 Å². The Labute approximate surface area is 158 Å². The third-order valence-corrected chi connectivity index (χ3v) is 4.84. The Kier molecular flexibility index (Phi) is 4.52. The van der Waals surface area contributed by atoms with Gasteiger partial charge >= 0.3 is 0 Å². The largest absolute Gasteiger partial charge is 0.289 e. The standard InChI is InChI=1S/C20H15FN4OS/c1-13-2-4-15(5-3-13)19(26)24-22-12-17-18(14-6-8-16(21)9-7-14)23-20-25(17)10-11-27-20/h2-12H,1H3,(H,24,26)/b22-12+. The van der Waals surface area contributed by atoms with E-state index in [2.05, 4.69) is 15.5 Å². The normalized spacial score (nSPS) is 11.3. The van der Waals surface area contributed by atoms with Crippen molar-refractivity contribution in [3.05, 3.63) is 82.7 Å². The second-order valence-corrected chi connectivity index (χ2v) is 6.85. The summed E-state index contributed by atoms with van der Waals surface area (Å²) in [5.74, 6) is -0.596. The number of hydrazone groups is 1. The quantitative estimate of drug-likeness (QED) is 0.426. The number of amides is 1. The molecule has 0 aliphatic rings. The second-order valence-electron chi connectivity index (χ2n) is 5.97. The molecule has 4 aromatic rings. The van der Waals surface area contributed by atoms with E-state index in [-0.39, 0.29) is 11.7 Å². The predicted molar refractivity (Wildman–Crippen MR) is 105 cm³/mol. The van der Waals surface area contributed by atoms with E-state index >= 15 is 0 Å². The number of rotatable bonds is 4. The SMILES string of the molecule is Cc1ccc(C(=O)N/N=C/c2c(-c3ccc(F)cc3)nc3sccn23)cc1. The zero-order valence-corrected chi connectivity index (χ0v) is 15.2. The number of fused-ring (bicyclic) bond motifs is 1. The number of carbonyl (C=O) groups is 1. The van der Waals surface area contributed by atoms with Crippen LogP contribution in [0.3, 0.4) is 0 Å². The molecule has 0 radical (unpaired) electrons. The third-order valence-electron chi connectivity index (χ3n) is 4.08. The molecule has 2 aromatic carbocycles. The number of hydrogen-bond donors (Lipinski definition) is 1. The van der Waals surface area contributed by atoms with Gasteiger partial charge in [-0.25, -0.2) is 14.8 Å². The van der Waals surface area contributed by atoms with Crippen LogP contribution in [0.15, 0.2) is 65.2 Å². The van der Waals surface area contributed by atoms with Gasteiger partial charge in [0.15, 0.2) is 4.96 Å². The molecule has 0 aliphatic carbocycles. The number of aryl methyl sites for hydroxylation is 1. The Morgan fingerprint density at radius 3 is 2.67 bits per heavy atom. The lowest BCUT2D eigenvalue weighted by molar-refractivity contribution is 0.0955. The maximum absolute atomic E-state index is 13.2. The molecule has 0 bridgehead atoms. The monoisotopic (exact) mass is 378 g/mol. The summed E-state index contributed by atoms with van der Waals surface area (Å²) in [7, 11) is 0. The van der Waals surface area contributed by atoms with E-state index in [1.165, 1.54) is 23.5 Å². The number of thiazole rings is 1. The molecular weight excluding hydrogens is 363 g/mol. The van der Waals surface area contributed by atoms with Gasteiger partial charge in [-0.05, 0) is 43.3 Å². The fourth-order valence-electron chi connectivity index (χ4n) is 2.67. The fraction of sp³-hybridized carbons (Fsp3) is 0.0500. The Balaban J connectivity index is 1.62. The molecule has 4 rings (SSSR count). The molecule has 0 unspecified atom stereocenters. The van der Waals surface area contributed by atoms with Gasteiger partial charge in [0.1, 0.15) is 5.82 Å². The summed E-state index contributed by atoms with van der Waals surface area (Å²) in [4.78, 5) is 17.6. The second kappa shape index (κ2) is 7.13. The highest BCUT2D eigenvalue weighted by Crippen LogP contribution is 2.25. The van der Waals surface area contributed by atoms with Crippen LogP contribution in [0.4, 0.5) is 4.39 Å². The van der Waals surface area contributed by atoms with Gasteiger partial charge in [0.25, 0.3) is 5.91 Å². The van der Waals surface area contributed by atoms with E-state index in [9.17, 15) is 9.18 Å². The van der Waals surface area contributed by atoms with Crippen molar-refractivity contribution in [1.29, 1.82) is 0 Å². The van der Waals surface area contributed by atoms with E-state index in [0.717, 1.165) is 16.1 Å². The number of aromatic nitrogens is 2. The molecule has 1 amide bonds. The van der Waals surface area contributed by atoms with Crippen molar-refractivity contribution in [1.82, 2.24) is 14.8 Å². The van der Waals surface area contributed by atoms with Gasteiger partial charge in [-0.15, -0.1) is 11.3 Å². The molecule has 1 N–H and O–H groups in total. The van der Waals surface area contributed by atoms with Gasteiger partial charge < -0.3 is 0 Å². The van der Waals surface area contributed by atoms with Crippen LogP contribution in [-0.2, 0) is 0 Å². The molecule has 27 heavy (non-hydrogen) atoms. The summed E-state index contributed by atoms with van der Waals surface area (Å²) in [6.07, 6.45) is 3.43. The van der Waals surface area contributed by atoms with E-state index < -0.39 is 0 Å². The summed E-state index contributed by atoms with van der Waals surface area (Å²) >= 11 is 1.49. The number of benzene rings is 2. The molecule has 2 aromatic heterocycles. The Bertz CT molecular complexity index is 1130. The number of hydrogen-bond acceptors (Lipinski definition) is 4. The molecular formula is C20H15FN4OS. The van der Waals surface area contributed by atoms with E-state index in [4.69, 9.17) is 0 Å². The summed E-state index contributed by atoms with van der Waals surface area (Å²) in [5, 5.41) is 6.01. The van der Waals surface area contributed by atoms with Crippen LogP contribution >= 0.6 is 11.3 Å². The van der Waals surface area contributed by atoms with Gasteiger partial charge in [0.05, 0.1) is 17.6 Å². The smallest absolute Gasteiger partial charge is 0.271 e. The Morgan fingerprint density at radius 2 is 1.93 bits per heavy atom. The van der Waals surface area contributed by atoms with Gasteiger partial charge in [-0.3, -0.25) is 9.20 Å². The molecule has 0 atom stereocenters. The highest BCUT2D eigenvalue weighted by Gasteiger charge is 2.14. The highest BCUT2D eigenvalue weighted by atomic mass is 32.1. The molecule has 134 valence electrons. The van der Waals surface area contributed by atoms with Gasteiger partial charge in [0, 0.05) is 22.7 Å². The minimum Gasteiger partial charge on any atom is -0.289 e. The van der Waals surface area contributed by atoms with Crippen molar-refractivity contribution in [3.63, 3.8) is 0 Å². The van der Waals surface area contributed by atoms with Crippen LogP contribution in [0, 0.1) is 12.7 Å². The Morgan fingerprint density at radius 1 is 1.19 bits per heavy atom. The topological polar surface area (TPSA) is 58.8 Å². The summed E-state index contributed by atoms with van der Waals surface area (Å²) in [6.45, 7) is 1.96. The number of carbonyl (C=O) groups excluding carboxylic acids is 1. The first kappa shape index (κ1) is 17.1. The van der Waals surface area contributed by atoms with Crippen LogP contribution in [0.25, 0.3) is 16.2 Å². The van der Waals surface area contributed by atoms with Crippen LogP contribution in [0.2, 0.25) is 0 Å². The number of imidazole rings is 1. The van der Waals surface area contributed by atoms with E-state index in [1.54, 1.807) is 30.5 Å². The average Bonchev–Trinajstić information content (AvgIpc) is 3.25. The first-order chi connectivity index (χ1) is 13.1. The first-order valence-electron chi connectivity index (χ1n) is 8.23.